The summed E-state index contributed by atoms with van der Waals surface area (Å²) < 4.78 is 8.50. The van der Waals surface area contributed by atoms with Crippen LogP contribution in [0, 0.1) is 0 Å². The monoisotopic (exact) mass is 366 g/mol. The molecule has 3 nitrogen and oxygen atoms in total. The fourth-order valence-corrected chi connectivity index (χ4v) is 6.12. The summed E-state index contributed by atoms with van der Waals surface area (Å²) in [5, 5.41) is 9.27. The van der Waals surface area contributed by atoms with E-state index in [1.165, 1.54) is 28.7 Å². The first-order valence-electron chi connectivity index (χ1n) is 8.38. The molecule has 3 heterocycles. The van der Waals surface area contributed by atoms with Crippen LogP contribution in [-0.4, -0.2) is 36.8 Å². The molecule has 2 aromatic heterocycles. The maximum atomic E-state index is 5.62. The van der Waals surface area contributed by atoms with Gasteiger partial charge < -0.3 is 15.4 Å². The largest absolute Gasteiger partial charge is 0.379 e. The molecule has 3 atom stereocenters. The summed E-state index contributed by atoms with van der Waals surface area (Å²) in [6, 6.07) is 5.33. The van der Waals surface area contributed by atoms with Gasteiger partial charge in [0.1, 0.15) is 0 Å². The quantitative estimate of drug-likeness (QED) is 0.808. The number of nitrogens with one attached hydrogen (secondary N) is 2. The molecule has 0 aromatic carbocycles. The summed E-state index contributed by atoms with van der Waals surface area (Å²) in [7, 11) is 0. The molecule has 2 fully saturated rings. The second kappa shape index (κ2) is 7.15. The van der Waals surface area contributed by atoms with Crippen LogP contribution < -0.4 is 10.6 Å². The first-order chi connectivity index (χ1) is 11.3. The van der Waals surface area contributed by atoms with Gasteiger partial charge in [0.05, 0.1) is 17.6 Å². The zero-order chi connectivity index (χ0) is 15.6. The van der Waals surface area contributed by atoms with Crippen molar-refractivity contribution in [3.8, 4) is 0 Å². The Morgan fingerprint density at radius 2 is 2.30 bits per heavy atom. The minimum Gasteiger partial charge on any atom is -0.379 e. The summed E-state index contributed by atoms with van der Waals surface area (Å²) in [5.74, 6) is 0.693. The van der Waals surface area contributed by atoms with Crippen LogP contribution in [0.2, 0.25) is 0 Å². The molecule has 0 amide bonds. The highest BCUT2D eigenvalue weighted by Crippen LogP contribution is 2.41. The topological polar surface area (TPSA) is 33.3 Å². The van der Waals surface area contributed by atoms with Crippen molar-refractivity contribution < 1.29 is 4.74 Å². The minimum absolute atomic E-state index is 0.179. The van der Waals surface area contributed by atoms with Gasteiger partial charge in [0.25, 0.3) is 0 Å². The molecule has 2 aromatic rings. The maximum absolute atomic E-state index is 5.62. The van der Waals surface area contributed by atoms with Crippen molar-refractivity contribution in [1.29, 1.82) is 0 Å². The lowest BCUT2D eigenvalue weighted by molar-refractivity contribution is 0.143. The number of fused-ring (bicyclic) bond motifs is 1. The Morgan fingerprint density at radius 3 is 3.22 bits per heavy atom. The number of rotatable bonds is 3. The SMILES string of the molecule is S=C(NC1CCC(c2cc3sccc3s2)C1)[C@@H]1COCCCN1. The summed E-state index contributed by atoms with van der Waals surface area (Å²) >= 11 is 9.44. The Labute approximate surface area is 150 Å². The van der Waals surface area contributed by atoms with E-state index in [0.717, 1.165) is 24.6 Å². The zero-order valence-corrected chi connectivity index (χ0v) is 15.5. The highest BCUT2D eigenvalue weighted by atomic mass is 32.1. The fourth-order valence-electron chi connectivity index (χ4n) is 3.54. The van der Waals surface area contributed by atoms with Crippen LogP contribution in [0.3, 0.4) is 0 Å². The minimum atomic E-state index is 0.179. The van der Waals surface area contributed by atoms with E-state index in [1.807, 2.05) is 22.7 Å². The molecule has 1 saturated carbocycles. The molecule has 1 saturated heterocycles. The van der Waals surface area contributed by atoms with Gasteiger partial charge in [-0.25, -0.2) is 0 Å². The average molecular weight is 367 g/mol. The van der Waals surface area contributed by atoms with Crippen LogP contribution in [-0.2, 0) is 4.74 Å². The van der Waals surface area contributed by atoms with E-state index in [0.29, 0.717) is 18.6 Å². The Hall–Kier alpha value is -0.530. The summed E-state index contributed by atoms with van der Waals surface area (Å²) in [5.41, 5.74) is 0. The predicted octanol–water partition coefficient (Wildman–Crippen LogP) is 3.89. The predicted molar refractivity (Wildman–Crippen MR) is 103 cm³/mol. The normalized spacial score (nSPS) is 28.8. The van der Waals surface area contributed by atoms with Gasteiger partial charge in [0.15, 0.2) is 0 Å². The molecule has 124 valence electrons. The van der Waals surface area contributed by atoms with Crippen molar-refractivity contribution in [3.05, 3.63) is 22.4 Å². The maximum Gasteiger partial charge on any atom is 0.0951 e. The highest BCUT2D eigenvalue weighted by molar-refractivity contribution is 7.80. The van der Waals surface area contributed by atoms with E-state index < -0.39 is 0 Å². The van der Waals surface area contributed by atoms with Crippen molar-refractivity contribution in [3.63, 3.8) is 0 Å². The lowest BCUT2D eigenvalue weighted by Gasteiger charge is -2.22. The smallest absolute Gasteiger partial charge is 0.0951 e. The van der Waals surface area contributed by atoms with E-state index in [4.69, 9.17) is 17.0 Å². The van der Waals surface area contributed by atoms with Gasteiger partial charge in [-0.1, -0.05) is 12.2 Å². The van der Waals surface area contributed by atoms with Gasteiger partial charge in [0, 0.05) is 26.9 Å². The third-order valence-electron chi connectivity index (χ3n) is 4.80. The van der Waals surface area contributed by atoms with Crippen LogP contribution in [0.5, 0.6) is 0 Å². The van der Waals surface area contributed by atoms with E-state index >= 15 is 0 Å². The van der Waals surface area contributed by atoms with Crippen LogP contribution in [0.25, 0.3) is 9.40 Å². The molecule has 1 aliphatic carbocycles. The molecule has 23 heavy (non-hydrogen) atoms. The molecular weight excluding hydrogens is 344 g/mol. The third-order valence-corrected chi connectivity index (χ3v) is 7.46. The van der Waals surface area contributed by atoms with Gasteiger partial charge >= 0.3 is 0 Å². The summed E-state index contributed by atoms with van der Waals surface area (Å²) in [6.45, 7) is 2.53. The molecule has 2 N–H and O–H groups in total. The molecule has 0 spiro atoms. The van der Waals surface area contributed by atoms with Gasteiger partial charge in [-0.3, -0.25) is 0 Å². The first-order valence-corrected chi connectivity index (χ1v) is 10.5. The Morgan fingerprint density at radius 1 is 1.35 bits per heavy atom. The standard InChI is InChI=1S/C17H22N2OS3/c21-17(13-10-20-6-1-5-18-13)19-12-3-2-11(8-12)15-9-16-14(23-15)4-7-22-16/h4,7,9,11-13,18H,1-3,5-6,8,10H2,(H,19,21)/t11?,12?,13-/m0/s1. The van der Waals surface area contributed by atoms with Crippen LogP contribution in [0.1, 0.15) is 36.5 Å². The molecule has 2 unspecified atom stereocenters. The summed E-state index contributed by atoms with van der Waals surface area (Å²) in [6.07, 6.45) is 4.74. The lowest BCUT2D eigenvalue weighted by atomic mass is 10.1. The third kappa shape index (κ3) is 3.61. The van der Waals surface area contributed by atoms with Gasteiger partial charge in [0.2, 0.25) is 0 Å². The number of hydrogen-bond donors (Lipinski definition) is 2. The van der Waals surface area contributed by atoms with E-state index in [9.17, 15) is 0 Å². The summed E-state index contributed by atoms with van der Waals surface area (Å²) in [4.78, 5) is 2.49. The highest BCUT2D eigenvalue weighted by Gasteiger charge is 2.29. The molecule has 0 radical (unpaired) electrons. The molecular formula is C17H22N2OS3. The van der Waals surface area contributed by atoms with Crippen molar-refractivity contribution in [2.24, 2.45) is 0 Å². The van der Waals surface area contributed by atoms with Gasteiger partial charge in [-0.2, -0.15) is 0 Å². The fraction of sp³-hybridized carbons (Fsp3) is 0.588. The molecule has 4 rings (SSSR count). The van der Waals surface area contributed by atoms with Crippen LogP contribution in [0.4, 0.5) is 0 Å². The van der Waals surface area contributed by atoms with E-state index in [-0.39, 0.29) is 6.04 Å². The number of hydrogen-bond acceptors (Lipinski definition) is 5. The average Bonchev–Trinajstić information content (AvgIpc) is 3.18. The van der Waals surface area contributed by atoms with Crippen molar-refractivity contribution >= 4 is 49.3 Å². The Bertz CT molecular complexity index is 644. The van der Waals surface area contributed by atoms with Crippen LogP contribution >= 0.6 is 34.9 Å². The molecule has 1 aliphatic heterocycles. The van der Waals surface area contributed by atoms with E-state index in [2.05, 4.69) is 28.1 Å². The van der Waals surface area contributed by atoms with Gasteiger partial charge in [-0.15, -0.1) is 22.7 Å². The van der Waals surface area contributed by atoms with Gasteiger partial charge in [-0.05, 0) is 55.7 Å². The lowest BCUT2D eigenvalue weighted by Crippen LogP contribution is -2.47. The Balaban J connectivity index is 1.34. The Kier molecular flexibility index (Phi) is 4.96. The molecule has 2 aliphatic rings. The number of thiophene rings is 2. The second-order valence-corrected chi connectivity index (χ2v) is 8.95. The second-order valence-electron chi connectivity index (χ2n) is 6.45. The first kappa shape index (κ1) is 16.0. The molecule has 0 bridgehead atoms. The number of thiocarbonyl (C=S) groups is 1. The van der Waals surface area contributed by atoms with Crippen molar-refractivity contribution in [2.45, 2.75) is 43.7 Å². The number of ether oxygens (including phenoxy) is 1. The zero-order valence-electron chi connectivity index (χ0n) is 13.0. The molecule has 6 heteroatoms. The van der Waals surface area contributed by atoms with E-state index in [1.54, 1.807) is 4.88 Å². The van der Waals surface area contributed by atoms with Crippen molar-refractivity contribution in [2.75, 3.05) is 19.8 Å². The van der Waals surface area contributed by atoms with Crippen molar-refractivity contribution in [1.82, 2.24) is 10.6 Å². The van der Waals surface area contributed by atoms with Crippen LogP contribution in [0.15, 0.2) is 17.5 Å².